The Morgan fingerprint density at radius 2 is 1.85 bits per heavy atom. The van der Waals surface area contributed by atoms with Gasteiger partial charge in [0.15, 0.2) is 0 Å². The second-order valence-corrected chi connectivity index (χ2v) is 10.9. The Morgan fingerprint density at radius 3 is 2.56 bits per heavy atom. The highest BCUT2D eigenvalue weighted by Gasteiger charge is 2.61. The number of halogens is 3. The summed E-state index contributed by atoms with van der Waals surface area (Å²) in [6, 6.07) is 9.73. The maximum Gasteiger partial charge on any atom is 0.387 e. The van der Waals surface area contributed by atoms with Crippen molar-refractivity contribution in [3.8, 4) is 16.9 Å². The first kappa shape index (κ1) is 25.8. The van der Waals surface area contributed by atoms with Crippen LogP contribution in [0.5, 0.6) is 5.75 Å². The number of aromatic nitrogens is 4. The number of anilines is 1. The minimum absolute atomic E-state index is 0.000220. The molecule has 4 heterocycles. The van der Waals surface area contributed by atoms with E-state index in [1.807, 2.05) is 26.5 Å². The molecule has 2 aromatic carbocycles. The van der Waals surface area contributed by atoms with Crippen LogP contribution >= 0.6 is 0 Å². The summed E-state index contributed by atoms with van der Waals surface area (Å²) >= 11 is 0. The van der Waals surface area contributed by atoms with E-state index >= 15 is 4.39 Å². The SMILES string of the molecule is C[C@@H]1[C@@H]2c3nc4cc(F)c(-c5cnc(N6CCN(CC(=O)O)CC6)nc5)cc4n3[C@@H](c3ccccc3OC(F)F)[C@H]12. The highest BCUT2D eigenvalue weighted by molar-refractivity contribution is 5.84. The summed E-state index contributed by atoms with van der Waals surface area (Å²) in [6.45, 7) is 1.53. The van der Waals surface area contributed by atoms with E-state index < -0.39 is 18.4 Å². The first-order chi connectivity index (χ1) is 19.8. The average molecular weight is 565 g/mol. The first-order valence-corrected chi connectivity index (χ1v) is 13.6. The third-order valence-corrected chi connectivity index (χ3v) is 8.61. The fourth-order valence-electron chi connectivity index (χ4n) is 6.64. The molecule has 7 rings (SSSR count). The molecule has 41 heavy (non-hydrogen) atoms. The second-order valence-electron chi connectivity index (χ2n) is 10.9. The molecule has 0 bridgehead atoms. The van der Waals surface area contributed by atoms with Crippen molar-refractivity contribution in [2.24, 2.45) is 11.8 Å². The summed E-state index contributed by atoms with van der Waals surface area (Å²) in [4.78, 5) is 28.5. The molecule has 212 valence electrons. The highest BCUT2D eigenvalue weighted by atomic mass is 19.3. The van der Waals surface area contributed by atoms with Crippen molar-refractivity contribution >= 4 is 23.0 Å². The van der Waals surface area contributed by atoms with Crippen LogP contribution in [-0.2, 0) is 4.79 Å². The standard InChI is InChI=1S/C29H27F3N6O3/c1-15-24-25(15)27-35-20-11-19(30)18(10-21(20)38(27)26(24)17-4-2-3-5-22(17)41-28(31)32)16-12-33-29(34-13-16)37-8-6-36(7-9-37)14-23(39)40/h2-5,10-13,15,24-26,28H,6-9,14H2,1H3,(H,39,40)/t15-,24+,25-,26-/m0/s1. The number of piperazine rings is 1. The largest absolute Gasteiger partial charge is 0.480 e. The molecule has 0 unspecified atom stereocenters. The van der Waals surface area contributed by atoms with Gasteiger partial charge in [0, 0.05) is 67.2 Å². The zero-order valence-corrected chi connectivity index (χ0v) is 22.1. The summed E-state index contributed by atoms with van der Waals surface area (Å²) in [5, 5.41) is 9.01. The van der Waals surface area contributed by atoms with Gasteiger partial charge in [0.1, 0.15) is 17.4 Å². The number of imidazole rings is 1. The van der Waals surface area contributed by atoms with Crippen molar-refractivity contribution in [2.45, 2.75) is 25.5 Å². The number of alkyl halides is 2. The van der Waals surface area contributed by atoms with Gasteiger partial charge in [-0.25, -0.2) is 19.3 Å². The topological polar surface area (TPSA) is 96.6 Å². The molecule has 1 aliphatic carbocycles. The van der Waals surface area contributed by atoms with E-state index in [1.165, 1.54) is 6.07 Å². The third-order valence-electron chi connectivity index (χ3n) is 8.61. The van der Waals surface area contributed by atoms with Gasteiger partial charge in [-0.3, -0.25) is 9.69 Å². The van der Waals surface area contributed by atoms with E-state index in [1.54, 1.807) is 30.6 Å². The molecule has 3 aliphatic rings. The lowest BCUT2D eigenvalue weighted by Crippen LogP contribution is -2.48. The minimum Gasteiger partial charge on any atom is -0.480 e. The lowest BCUT2D eigenvalue weighted by Gasteiger charge is -2.33. The number of fused-ring (bicyclic) bond motifs is 5. The maximum absolute atomic E-state index is 15.4. The van der Waals surface area contributed by atoms with Gasteiger partial charge in [-0.1, -0.05) is 25.1 Å². The minimum atomic E-state index is -2.94. The van der Waals surface area contributed by atoms with Crippen molar-refractivity contribution in [2.75, 3.05) is 37.6 Å². The molecule has 1 saturated heterocycles. The van der Waals surface area contributed by atoms with E-state index in [4.69, 9.17) is 14.8 Å². The molecule has 0 radical (unpaired) electrons. The number of rotatable bonds is 7. The zero-order chi connectivity index (χ0) is 28.4. The normalized spacial score (nSPS) is 23.6. The number of nitrogens with zero attached hydrogens (tertiary/aromatic N) is 6. The molecular weight excluding hydrogens is 537 g/mol. The number of carboxylic acid groups (broad SMARTS) is 1. The molecule has 1 saturated carbocycles. The summed E-state index contributed by atoms with van der Waals surface area (Å²) in [7, 11) is 0. The van der Waals surface area contributed by atoms with Gasteiger partial charge in [-0.05, 0) is 24.0 Å². The fourth-order valence-corrected chi connectivity index (χ4v) is 6.64. The Hall–Kier alpha value is -4.19. The summed E-state index contributed by atoms with van der Waals surface area (Å²) in [5.74, 6) is 0.834. The van der Waals surface area contributed by atoms with Crippen LogP contribution < -0.4 is 9.64 Å². The molecule has 0 spiro atoms. The number of hydrogen-bond donors (Lipinski definition) is 1. The van der Waals surface area contributed by atoms with Crippen LogP contribution in [0.2, 0.25) is 0 Å². The predicted molar refractivity (Wildman–Crippen MR) is 144 cm³/mol. The molecule has 4 atom stereocenters. The molecule has 9 nitrogen and oxygen atoms in total. The van der Waals surface area contributed by atoms with Crippen LogP contribution in [0.15, 0.2) is 48.8 Å². The number of hydrogen-bond acceptors (Lipinski definition) is 7. The average Bonchev–Trinajstić information content (AvgIpc) is 3.28. The first-order valence-electron chi connectivity index (χ1n) is 13.6. The Bertz CT molecular complexity index is 1640. The Labute approximate surface area is 233 Å². The second kappa shape index (κ2) is 9.72. The van der Waals surface area contributed by atoms with Crippen LogP contribution in [0.3, 0.4) is 0 Å². The van der Waals surface area contributed by atoms with Crippen LogP contribution in [0.25, 0.3) is 22.2 Å². The number of para-hydroxylation sites is 1. The molecule has 0 amide bonds. The van der Waals surface area contributed by atoms with Gasteiger partial charge in [0.05, 0.1) is 23.6 Å². The molecule has 1 N–H and O–H groups in total. The molecule has 2 aliphatic heterocycles. The van der Waals surface area contributed by atoms with E-state index in [-0.39, 0.29) is 30.2 Å². The quantitative estimate of drug-likeness (QED) is 0.353. The van der Waals surface area contributed by atoms with Gasteiger partial charge in [0.2, 0.25) is 5.95 Å². The Balaban J connectivity index is 1.22. The Morgan fingerprint density at radius 1 is 1.12 bits per heavy atom. The number of benzene rings is 2. The van der Waals surface area contributed by atoms with Crippen molar-refractivity contribution in [1.82, 2.24) is 24.4 Å². The highest BCUT2D eigenvalue weighted by Crippen LogP contribution is 2.66. The van der Waals surface area contributed by atoms with E-state index in [0.717, 1.165) is 5.82 Å². The van der Waals surface area contributed by atoms with Crippen LogP contribution in [-0.4, -0.2) is 74.8 Å². The smallest absolute Gasteiger partial charge is 0.387 e. The van der Waals surface area contributed by atoms with E-state index in [9.17, 15) is 13.6 Å². The van der Waals surface area contributed by atoms with Crippen molar-refractivity contribution in [3.63, 3.8) is 0 Å². The Kier molecular flexibility index (Phi) is 6.11. The monoisotopic (exact) mass is 564 g/mol. The van der Waals surface area contributed by atoms with Crippen molar-refractivity contribution in [1.29, 1.82) is 0 Å². The van der Waals surface area contributed by atoms with Gasteiger partial charge >= 0.3 is 12.6 Å². The number of aliphatic carboxylic acids is 1. The summed E-state index contributed by atoms with van der Waals surface area (Å²) < 4.78 is 48.8. The summed E-state index contributed by atoms with van der Waals surface area (Å²) in [6.07, 6.45) is 3.17. The van der Waals surface area contributed by atoms with Crippen LogP contribution in [0.4, 0.5) is 19.1 Å². The third kappa shape index (κ3) is 4.37. The predicted octanol–water partition coefficient (Wildman–Crippen LogP) is 4.39. The molecular formula is C29H27F3N6O3. The van der Waals surface area contributed by atoms with E-state index in [0.29, 0.717) is 65.8 Å². The number of carbonyl (C=O) groups is 1. The molecule has 2 fully saturated rings. The summed E-state index contributed by atoms with van der Waals surface area (Å²) in [5.41, 5.74) is 2.71. The molecule has 2 aromatic heterocycles. The number of carboxylic acids is 1. The zero-order valence-electron chi connectivity index (χ0n) is 22.1. The lowest BCUT2D eigenvalue weighted by atomic mass is 9.99. The van der Waals surface area contributed by atoms with Crippen LogP contribution in [0.1, 0.15) is 30.3 Å². The number of ether oxygens (including phenoxy) is 1. The van der Waals surface area contributed by atoms with Crippen LogP contribution in [0, 0.1) is 17.7 Å². The van der Waals surface area contributed by atoms with Crippen molar-refractivity contribution in [3.05, 3.63) is 66.0 Å². The molecule has 4 aromatic rings. The van der Waals surface area contributed by atoms with E-state index in [2.05, 4.69) is 16.9 Å². The van der Waals surface area contributed by atoms with Gasteiger partial charge in [-0.15, -0.1) is 0 Å². The van der Waals surface area contributed by atoms with Gasteiger partial charge in [0.25, 0.3) is 0 Å². The van der Waals surface area contributed by atoms with Gasteiger partial charge < -0.3 is 19.3 Å². The van der Waals surface area contributed by atoms with Crippen molar-refractivity contribution < 1.29 is 27.8 Å². The lowest BCUT2D eigenvalue weighted by molar-refractivity contribution is -0.138. The van der Waals surface area contributed by atoms with Gasteiger partial charge in [-0.2, -0.15) is 8.78 Å². The maximum atomic E-state index is 15.4. The fraction of sp³-hybridized carbons (Fsp3) is 0.379. The molecule has 12 heteroatoms.